The Morgan fingerprint density at radius 2 is 1.82 bits per heavy atom. The summed E-state index contributed by atoms with van der Waals surface area (Å²) in [6.45, 7) is 1.92. The van der Waals surface area contributed by atoms with E-state index in [2.05, 4.69) is 21.1 Å². The van der Waals surface area contributed by atoms with Crippen LogP contribution in [0.3, 0.4) is 0 Å². The number of benzene rings is 2. The molecule has 1 aliphatic heterocycles. The summed E-state index contributed by atoms with van der Waals surface area (Å²) in [5.41, 5.74) is 2.97. The van der Waals surface area contributed by atoms with Crippen molar-refractivity contribution in [3.05, 3.63) is 77.4 Å². The molecule has 0 amide bonds. The number of allylic oxidation sites excluding steroid dienone is 1. The van der Waals surface area contributed by atoms with Gasteiger partial charge in [0.1, 0.15) is 5.82 Å². The molecule has 1 aliphatic carbocycles. The highest BCUT2D eigenvalue weighted by Crippen LogP contribution is 2.42. The molecule has 0 unspecified atom stereocenters. The van der Waals surface area contributed by atoms with E-state index >= 15 is 0 Å². The van der Waals surface area contributed by atoms with E-state index in [0.717, 1.165) is 48.9 Å². The third-order valence-electron chi connectivity index (χ3n) is 6.83. The minimum atomic E-state index is -0.722. The number of aromatic nitrogens is 2. The molecule has 0 radical (unpaired) electrons. The van der Waals surface area contributed by atoms with Gasteiger partial charge in [-0.25, -0.2) is 4.39 Å². The van der Waals surface area contributed by atoms with Crippen molar-refractivity contribution in [3.8, 4) is 11.4 Å². The molecule has 3 aromatic rings. The molecular formula is C26H26FN3O3. The van der Waals surface area contributed by atoms with Crippen molar-refractivity contribution < 1.29 is 18.8 Å². The fourth-order valence-electron chi connectivity index (χ4n) is 4.86. The number of rotatable bonds is 7. The van der Waals surface area contributed by atoms with E-state index in [0.29, 0.717) is 24.8 Å². The van der Waals surface area contributed by atoms with Gasteiger partial charge in [0.2, 0.25) is 5.82 Å². The lowest BCUT2D eigenvalue weighted by atomic mass is 9.78. The molecule has 0 bridgehead atoms. The molecule has 33 heavy (non-hydrogen) atoms. The quantitative estimate of drug-likeness (QED) is 0.554. The number of carboxylic acid groups (broad SMARTS) is 1. The Bertz CT molecular complexity index is 1140. The highest BCUT2D eigenvalue weighted by atomic mass is 19.1. The number of likely N-dealkylation sites (tertiary alicyclic amines) is 1. The van der Waals surface area contributed by atoms with Crippen LogP contribution in [0, 0.1) is 11.7 Å². The van der Waals surface area contributed by atoms with Gasteiger partial charge in [-0.3, -0.25) is 9.69 Å². The van der Waals surface area contributed by atoms with Gasteiger partial charge < -0.3 is 9.63 Å². The monoisotopic (exact) mass is 447 g/mol. The summed E-state index contributed by atoms with van der Waals surface area (Å²) in [7, 11) is 0. The van der Waals surface area contributed by atoms with Crippen LogP contribution in [-0.4, -0.2) is 39.2 Å². The average molecular weight is 448 g/mol. The molecule has 2 aromatic carbocycles. The van der Waals surface area contributed by atoms with E-state index in [1.807, 2.05) is 42.5 Å². The van der Waals surface area contributed by atoms with E-state index in [4.69, 9.17) is 9.63 Å². The Morgan fingerprint density at radius 3 is 2.48 bits per heavy atom. The summed E-state index contributed by atoms with van der Waals surface area (Å²) in [4.78, 5) is 17.6. The van der Waals surface area contributed by atoms with Gasteiger partial charge in [-0.2, -0.15) is 4.98 Å². The van der Waals surface area contributed by atoms with Gasteiger partial charge in [-0.05, 0) is 36.1 Å². The largest absolute Gasteiger partial charge is 0.481 e. The molecule has 1 aromatic heterocycles. The van der Waals surface area contributed by atoms with Crippen LogP contribution in [0.5, 0.6) is 0 Å². The van der Waals surface area contributed by atoms with E-state index in [9.17, 15) is 9.18 Å². The van der Waals surface area contributed by atoms with Crippen molar-refractivity contribution in [2.45, 2.75) is 37.6 Å². The zero-order valence-electron chi connectivity index (χ0n) is 18.3. The lowest BCUT2D eigenvalue weighted by Crippen LogP contribution is -2.49. The van der Waals surface area contributed by atoms with E-state index in [-0.39, 0.29) is 17.2 Å². The Labute approximate surface area is 191 Å². The maximum Gasteiger partial charge on any atom is 0.309 e. The van der Waals surface area contributed by atoms with Crippen molar-refractivity contribution in [1.29, 1.82) is 0 Å². The summed E-state index contributed by atoms with van der Waals surface area (Å²) < 4.78 is 18.9. The summed E-state index contributed by atoms with van der Waals surface area (Å²) in [6.07, 6.45) is 8.31. The number of nitrogens with zero attached hydrogens (tertiary/aromatic N) is 3. The minimum absolute atomic E-state index is 0.125. The van der Waals surface area contributed by atoms with E-state index in [1.165, 1.54) is 12.1 Å². The molecule has 1 N–H and O–H groups in total. The van der Waals surface area contributed by atoms with Crippen LogP contribution >= 0.6 is 0 Å². The standard InChI is InChI=1S/C26H26FN3O3/c27-22-9-7-21(8-10-22)26(12-1-2-13-26)14-11-23-28-24(29-33-23)19-5-3-18(4-6-19)15-30-16-20(17-30)25(31)32/h3-11,14,20H,1-2,12-13,15-17H2,(H,31,32)/b14-11+. The number of carbonyl (C=O) groups is 1. The fourth-order valence-corrected chi connectivity index (χ4v) is 4.86. The van der Waals surface area contributed by atoms with Crippen LogP contribution in [0.15, 0.2) is 59.1 Å². The van der Waals surface area contributed by atoms with Crippen molar-refractivity contribution in [2.24, 2.45) is 5.92 Å². The Balaban J connectivity index is 1.26. The fraction of sp³-hybridized carbons (Fsp3) is 0.346. The van der Waals surface area contributed by atoms with Crippen molar-refractivity contribution >= 4 is 12.0 Å². The molecule has 1 saturated carbocycles. The zero-order valence-corrected chi connectivity index (χ0v) is 18.3. The first-order valence-corrected chi connectivity index (χ1v) is 11.3. The van der Waals surface area contributed by atoms with Gasteiger partial charge in [0, 0.05) is 36.7 Å². The minimum Gasteiger partial charge on any atom is -0.481 e. The third-order valence-corrected chi connectivity index (χ3v) is 6.83. The van der Waals surface area contributed by atoms with Crippen molar-refractivity contribution in [3.63, 3.8) is 0 Å². The Hall–Kier alpha value is -3.32. The SMILES string of the molecule is O=C(O)C1CN(Cc2ccc(-c3noc(/C=C/C4(c5ccc(F)cc5)CCCC4)n3)cc2)C1. The second-order valence-electron chi connectivity index (χ2n) is 9.09. The molecule has 2 aliphatic rings. The Morgan fingerprint density at radius 1 is 1.12 bits per heavy atom. The second kappa shape index (κ2) is 8.90. The third kappa shape index (κ3) is 4.59. The van der Waals surface area contributed by atoms with Crippen LogP contribution in [-0.2, 0) is 16.8 Å². The highest BCUT2D eigenvalue weighted by molar-refractivity contribution is 5.71. The molecule has 2 fully saturated rings. The van der Waals surface area contributed by atoms with Gasteiger partial charge in [0.25, 0.3) is 5.89 Å². The topological polar surface area (TPSA) is 79.5 Å². The molecule has 0 atom stereocenters. The summed E-state index contributed by atoms with van der Waals surface area (Å²) in [5, 5.41) is 13.1. The Kier molecular flexibility index (Phi) is 5.81. The first-order chi connectivity index (χ1) is 16.0. The number of hydrogen-bond donors (Lipinski definition) is 1. The number of aliphatic carboxylic acids is 1. The van der Waals surface area contributed by atoms with Crippen LogP contribution in [0.4, 0.5) is 4.39 Å². The highest BCUT2D eigenvalue weighted by Gasteiger charge is 2.33. The van der Waals surface area contributed by atoms with E-state index < -0.39 is 5.97 Å². The normalized spacial score (nSPS) is 18.6. The number of halogens is 1. The van der Waals surface area contributed by atoms with Crippen LogP contribution in [0.2, 0.25) is 0 Å². The van der Waals surface area contributed by atoms with Gasteiger partial charge in [0.15, 0.2) is 0 Å². The molecule has 1 saturated heterocycles. The molecule has 5 rings (SSSR count). The number of carboxylic acids is 1. The smallest absolute Gasteiger partial charge is 0.309 e. The van der Waals surface area contributed by atoms with Crippen molar-refractivity contribution in [1.82, 2.24) is 15.0 Å². The number of hydrogen-bond acceptors (Lipinski definition) is 5. The molecule has 0 spiro atoms. The van der Waals surface area contributed by atoms with Gasteiger partial charge in [-0.1, -0.05) is 60.5 Å². The molecule has 7 heteroatoms. The van der Waals surface area contributed by atoms with E-state index in [1.54, 1.807) is 0 Å². The first kappa shape index (κ1) is 21.5. The molecule has 6 nitrogen and oxygen atoms in total. The predicted octanol–water partition coefficient (Wildman–Crippen LogP) is 4.92. The molecule has 2 heterocycles. The average Bonchev–Trinajstić information content (AvgIpc) is 3.46. The van der Waals surface area contributed by atoms with Gasteiger partial charge >= 0.3 is 5.97 Å². The van der Waals surface area contributed by atoms with Crippen LogP contribution in [0.25, 0.3) is 17.5 Å². The summed E-state index contributed by atoms with van der Waals surface area (Å²) >= 11 is 0. The maximum atomic E-state index is 13.4. The van der Waals surface area contributed by atoms with Crippen LogP contribution in [0.1, 0.15) is 42.7 Å². The van der Waals surface area contributed by atoms with Gasteiger partial charge in [0.05, 0.1) is 5.92 Å². The molecule has 170 valence electrons. The van der Waals surface area contributed by atoms with Crippen molar-refractivity contribution in [2.75, 3.05) is 13.1 Å². The van der Waals surface area contributed by atoms with Crippen LogP contribution < -0.4 is 0 Å². The molecular weight excluding hydrogens is 421 g/mol. The lowest BCUT2D eigenvalue weighted by molar-refractivity contribution is -0.147. The first-order valence-electron chi connectivity index (χ1n) is 11.3. The van der Waals surface area contributed by atoms with Gasteiger partial charge in [-0.15, -0.1) is 0 Å². The maximum absolute atomic E-state index is 13.4. The summed E-state index contributed by atoms with van der Waals surface area (Å²) in [5.74, 6) is -0.222. The predicted molar refractivity (Wildman–Crippen MR) is 122 cm³/mol. The summed E-state index contributed by atoms with van der Waals surface area (Å²) in [6, 6.07) is 14.7. The second-order valence-corrected chi connectivity index (χ2v) is 9.09. The lowest BCUT2D eigenvalue weighted by Gasteiger charge is -2.36. The zero-order chi connectivity index (χ0) is 22.8.